The van der Waals surface area contributed by atoms with Crippen LogP contribution in [0.1, 0.15) is 27.2 Å². The normalized spacial score (nSPS) is 15.3. The summed E-state index contributed by atoms with van der Waals surface area (Å²) in [7, 11) is 0. The molecule has 1 aromatic heterocycles. The predicted octanol–water partition coefficient (Wildman–Crippen LogP) is 2.04. The lowest BCUT2D eigenvalue weighted by atomic mass is 10.0. The summed E-state index contributed by atoms with van der Waals surface area (Å²) < 4.78 is 40.2. The highest BCUT2D eigenvalue weighted by molar-refractivity contribution is 5.98. The first-order valence-corrected chi connectivity index (χ1v) is 9.30. The van der Waals surface area contributed by atoms with E-state index in [4.69, 9.17) is 16.4 Å². The molecule has 0 bridgehead atoms. The Kier molecular flexibility index (Phi) is 6.53. The van der Waals surface area contributed by atoms with Gasteiger partial charge in [0.25, 0.3) is 0 Å². The summed E-state index contributed by atoms with van der Waals surface area (Å²) in [6.07, 6.45) is -3.31. The number of nitrogens with zero attached hydrogens (tertiary/aromatic N) is 6. The van der Waals surface area contributed by atoms with Crippen LogP contribution in [-0.2, 0) is 12.7 Å². The molecular weight excluding hydrogens is 433 g/mol. The van der Waals surface area contributed by atoms with Crippen molar-refractivity contribution in [2.24, 2.45) is 16.2 Å². The molecule has 0 saturated carbocycles. The molecule has 3 rings (SSSR count). The fourth-order valence-corrected chi connectivity index (χ4v) is 3.25. The van der Waals surface area contributed by atoms with Gasteiger partial charge in [0.2, 0.25) is 0 Å². The molecule has 0 spiro atoms. The molecule has 170 valence electrons. The number of piperazine rings is 1. The van der Waals surface area contributed by atoms with E-state index in [1.807, 2.05) is 4.90 Å². The second-order valence-electron chi connectivity index (χ2n) is 6.93. The van der Waals surface area contributed by atoms with E-state index in [0.717, 1.165) is 16.8 Å². The van der Waals surface area contributed by atoms with E-state index < -0.39 is 29.6 Å². The van der Waals surface area contributed by atoms with Gasteiger partial charge in [-0.25, -0.2) is 9.59 Å². The van der Waals surface area contributed by atoms with E-state index in [-0.39, 0.29) is 17.8 Å². The van der Waals surface area contributed by atoms with Crippen LogP contribution in [0.25, 0.3) is 0 Å². The minimum absolute atomic E-state index is 0.0368. The highest BCUT2D eigenvalue weighted by atomic mass is 19.4. The topological polar surface area (TPSA) is 153 Å². The predicted molar refractivity (Wildman–Crippen MR) is 104 cm³/mol. The number of nitrogens with two attached hydrogens (primary N) is 1. The lowest BCUT2D eigenvalue weighted by molar-refractivity contribution is -0.137. The number of halogens is 3. The molecule has 4 N–H and O–H groups in total. The van der Waals surface area contributed by atoms with Crippen LogP contribution in [0.2, 0.25) is 0 Å². The summed E-state index contributed by atoms with van der Waals surface area (Å²) in [5, 5.41) is 26.8. The maximum absolute atomic E-state index is 13.1. The van der Waals surface area contributed by atoms with Gasteiger partial charge in [-0.05, 0) is 23.8 Å². The number of benzene rings is 1. The Morgan fingerprint density at radius 3 is 2.44 bits per heavy atom. The molecule has 14 heteroatoms. The lowest BCUT2D eigenvalue weighted by Crippen LogP contribution is -2.49. The molecule has 1 fully saturated rings. The Morgan fingerprint density at radius 2 is 1.88 bits per heavy atom. The monoisotopic (exact) mass is 452 g/mol. The summed E-state index contributed by atoms with van der Waals surface area (Å²) in [6.45, 7) is 1.65. The third-order valence-corrected chi connectivity index (χ3v) is 4.89. The zero-order valence-electron chi connectivity index (χ0n) is 16.6. The number of aromatic carboxylic acids is 1. The van der Waals surface area contributed by atoms with Crippen molar-refractivity contribution in [3.05, 3.63) is 52.8 Å². The fourth-order valence-electron chi connectivity index (χ4n) is 3.25. The molecular formula is C18H19F3N8O3. The lowest BCUT2D eigenvalue weighted by Gasteiger charge is -2.34. The van der Waals surface area contributed by atoms with E-state index >= 15 is 0 Å². The standard InChI is InChI=1S/C18H19F3N8O3/c19-18(20,21)12-2-1-11(13(9-12)15(22)24-26-23)10-27-5-7-28(8-6-27)17(32)29-4-3-14(25-29)16(30)31/h1-4,9H,5-8,10H2,(H,30,31)(H3,22,23,24). The highest BCUT2D eigenvalue weighted by Gasteiger charge is 2.32. The summed E-state index contributed by atoms with van der Waals surface area (Å²) in [5.74, 6) is 3.21. The quantitative estimate of drug-likeness (QED) is 0.212. The molecule has 32 heavy (non-hydrogen) atoms. The van der Waals surface area contributed by atoms with Gasteiger partial charge in [0.05, 0.1) is 5.56 Å². The van der Waals surface area contributed by atoms with Crippen molar-refractivity contribution in [1.82, 2.24) is 19.6 Å². The molecule has 0 radical (unpaired) electrons. The van der Waals surface area contributed by atoms with Crippen molar-refractivity contribution in [3.8, 4) is 0 Å². The smallest absolute Gasteiger partial charge is 0.416 e. The number of carbonyl (C=O) groups is 2. The van der Waals surface area contributed by atoms with Crippen LogP contribution in [0, 0.1) is 5.41 Å². The SMILES string of the molecule is N=C(N=NN)c1cc(C(F)(F)F)ccc1CN1CCN(C(=O)n2ccc(C(=O)O)n2)CC1. The first kappa shape index (κ1) is 22.9. The van der Waals surface area contributed by atoms with Crippen LogP contribution in [0.4, 0.5) is 18.0 Å². The molecule has 1 amide bonds. The zero-order chi connectivity index (χ0) is 23.5. The van der Waals surface area contributed by atoms with Crippen LogP contribution < -0.4 is 5.84 Å². The third kappa shape index (κ3) is 5.08. The molecule has 2 aromatic rings. The summed E-state index contributed by atoms with van der Waals surface area (Å²) >= 11 is 0. The van der Waals surface area contributed by atoms with E-state index in [2.05, 4.69) is 15.4 Å². The largest absolute Gasteiger partial charge is 0.476 e. The maximum Gasteiger partial charge on any atom is 0.416 e. The first-order chi connectivity index (χ1) is 15.1. The summed E-state index contributed by atoms with van der Waals surface area (Å²) in [6, 6.07) is 3.80. The number of hydrogen-bond acceptors (Lipinski definition) is 6. The number of rotatable bonds is 4. The number of carboxylic acid groups (broad SMARTS) is 1. The van der Waals surface area contributed by atoms with Crippen molar-refractivity contribution < 1.29 is 27.9 Å². The van der Waals surface area contributed by atoms with Crippen molar-refractivity contribution in [2.45, 2.75) is 12.7 Å². The number of amides is 1. The first-order valence-electron chi connectivity index (χ1n) is 9.30. The number of alkyl halides is 3. The van der Waals surface area contributed by atoms with E-state index in [0.29, 0.717) is 31.7 Å². The minimum atomic E-state index is -4.58. The Labute approximate surface area is 179 Å². The molecule has 2 heterocycles. The molecule has 1 aromatic carbocycles. The van der Waals surface area contributed by atoms with Crippen LogP contribution in [-0.4, -0.2) is 68.7 Å². The number of carboxylic acids is 1. The van der Waals surface area contributed by atoms with Crippen molar-refractivity contribution >= 4 is 17.8 Å². The highest BCUT2D eigenvalue weighted by Crippen LogP contribution is 2.31. The van der Waals surface area contributed by atoms with Crippen molar-refractivity contribution in [3.63, 3.8) is 0 Å². The van der Waals surface area contributed by atoms with Crippen LogP contribution in [0.15, 0.2) is 40.8 Å². The fraction of sp³-hybridized carbons (Fsp3) is 0.333. The zero-order valence-corrected chi connectivity index (χ0v) is 16.6. The van der Waals surface area contributed by atoms with Gasteiger partial charge in [-0.3, -0.25) is 10.3 Å². The van der Waals surface area contributed by atoms with Crippen LogP contribution in [0.5, 0.6) is 0 Å². The molecule has 1 aliphatic heterocycles. The van der Waals surface area contributed by atoms with Gasteiger partial charge in [-0.15, -0.1) is 5.11 Å². The molecule has 11 nitrogen and oxygen atoms in total. The second kappa shape index (κ2) is 9.13. The Bertz CT molecular complexity index is 1060. The Hall–Kier alpha value is -3.81. The maximum atomic E-state index is 13.1. The molecule has 1 aliphatic rings. The number of hydrogen-bond donors (Lipinski definition) is 3. The second-order valence-corrected chi connectivity index (χ2v) is 6.93. The van der Waals surface area contributed by atoms with E-state index in [1.54, 1.807) is 0 Å². The molecule has 1 saturated heterocycles. The average Bonchev–Trinajstić information content (AvgIpc) is 3.24. The minimum Gasteiger partial charge on any atom is -0.476 e. The summed E-state index contributed by atoms with van der Waals surface area (Å²) in [5.41, 5.74) is -0.758. The number of carbonyl (C=O) groups excluding carboxylic acids is 1. The van der Waals surface area contributed by atoms with Gasteiger partial charge in [-0.2, -0.15) is 23.0 Å². The number of amidine groups is 1. The number of aromatic nitrogens is 2. The van der Waals surface area contributed by atoms with Gasteiger partial charge in [0, 0.05) is 44.5 Å². The van der Waals surface area contributed by atoms with Gasteiger partial charge >= 0.3 is 18.2 Å². The van der Waals surface area contributed by atoms with Gasteiger partial charge in [0.1, 0.15) is 0 Å². The Morgan fingerprint density at radius 1 is 1.19 bits per heavy atom. The average molecular weight is 452 g/mol. The number of nitrogens with one attached hydrogen (secondary N) is 1. The third-order valence-electron chi connectivity index (χ3n) is 4.89. The van der Waals surface area contributed by atoms with Crippen LogP contribution >= 0.6 is 0 Å². The van der Waals surface area contributed by atoms with E-state index in [1.165, 1.54) is 23.2 Å². The van der Waals surface area contributed by atoms with Gasteiger partial charge < -0.3 is 15.8 Å². The van der Waals surface area contributed by atoms with Gasteiger partial charge in [-0.1, -0.05) is 11.3 Å². The Balaban J connectivity index is 1.69. The molecule has 0 atom stereocenters. The van der Waals surface area contributed by atoms with E-state index in [9.17, 15) is 22.8 Å². The molecule has 0 aliphatic carbocycles. The van der Waals surface area contributed by atoms with Crippen LogP contribution in [0.3, 0.4) is 0 Å². The van der Waals surface area contributed by atoms with Crippen molar-refractivity contribution in [2.75, 3.05) is 26.2 Å². The van der Waals surface area contributed by atoms with Crippen molar-refractivity contribution in [1.29, 1.82) is 5.41 Å². The summed E-state index contributed by atoms with van der Waals surface area (Å²) in [4.78, 5) is 26.8. The molecule has 0 unspecified atom stereocenters. The van der Waals surface area contributed by atoms with Gasteiger partial charge in [0.15, 0.2) is 11.5 Å².